The molecule has 0 bridgehead atoms. The fourth-order valence-electron chi connectivity index (χ4n) is 2.65. The third-order valence-electron chi connectivity index (χ3n) is 3.81. The fourth-order valence-corrected chi connectivity index (χ4v) is 2.65. The van der Waals surface area contributed by atoms with Gasteiger partial charge in [-0.2, -0.15) is 0 Å². The minimum Gasteiger partial charge on any atom is -0.391 e. The Hall–Kier alpha value is -1.62. The molecule has 2 aromatic heterocycles. The highest BCUT2D eigenvalue weighted by molar-refractivity contribution is 5.86. The van der Waals surface area contributed by atoms with Gasteiger partial charge < -0.3 is 15.4 Å². The van der Waals surface area contributed by atoms with E-state index in [2.05, 4.69) is 16.9 Å². The van der Waals surface area contributed by atoms with Crippen molar-refractivity contribution >= 4 is 16.9 Å². The van der Waals surface area contributed by atoms with E-state index in [0.29, 0.717) is 5.82 Å². The number of fused-ring (bicyclic) bond motifs is 1. The van der Waals surface area contributed by atoms with E-state index in [-0.39, 0.29) is 6.04 Å². The number of nitrogens with two attached hydrogens (primary N) is 1. The molecule has 2 aromatic rings. The maximum Gasteiger partial charge on any atom is 0.145 e. The zero-order chi connectivity index (χ0) is 14.5. The summed E-state index contributed by atoms with van der Waals surface area (Å²) in [6.07, 6.45) is 8.75. The van der Waals surface area contributed by atoms with Gasteiger partial charge in [-0.25, -0.2) is 9.97 Å². The second-order valence-electron chi connectivity index (χ2n) is 5.38. The molecule has 0 aliphatic heterocycles. The topological polar surface area (TPSA) is 77.0 Å². The Morgan fingerprint density at radius 2 is 2.10 bits per heavy atom. The molecule has 0 saturated carbocycles. The molecular weight excluding hydrogens is 252 g/mol. The Kier molecular flexibility index (Phi) is 4.95. The Morgan fingerprint density at radius 1 is 1.30 bits per heavy atom. The molecular formula is C15H24N4O. The third kappa shape index (κ3) is 3.10. The highest BCUT2D eigenvalue weighted by Gasteiger charge is 2.19. The van der Waals surface area contributed by atoms with Crippen molar-refractivity contribution in [2.24, 2.45) is 0 Å². The van der Waals surface area contributed by atoms with E-state index in [9.17, 15) is 5.11 Å². The summed E-state index contributed by atoms with van der Waals surface area (Å²) in [5.41, 5.74) is 6.66. The van der Waals surface area contributed by atoms with Gasteiger partial charge >= 0.3 is 0 Å². The van der Waals surface area contributed by atoms with Crippen molar-refractivity contribution in [1.82, 2.24) is 14.5 Å². The molecule has 3 N–H and O–H groups in total. The van der Waals surface area contributed by atoms with Crippen LogP contribution in [0.1, 0.15) is 52.0 Å². The van der Waals surface area contributed by atoms with Crippen LogP contribution in [0.4, 0.5) is 5.82 Å². The van der Waals surface area contributed by atoms with Crippen molar-refractivity contribution in [1.29, 1.82) is 0 Å². The molecule has 5 heteroatoms. The molecule has 0 aliphatic rings. The number of hydrogen-bond acceptors (Lipinski definition) is 4. The standard InChI is InChI=1S/C15H24N4O/c1-3-4-5-6-7-13(11(2)20)19-9-8-12-14(16)17-10-18-15(12)19/h8-11,13,20H,3-7H2,1-2H3,(H2,16,17,18). The van der Waals surface area contributed by atoms with Crippen molar-refractivity contribution < 1.29 is 5.11 Å². The van der Waals surface area contributed by atoms with Crippen LogP contribution in [-0.2, 0) is 0 Å². The highest BCUT2D eigenvalue weighted by atomic mass is 16.3. The van der Waals surface area contributed by atoms with Crippen molar-refractivity contribution in [3.8, 4) is 0 Å². The zero-order valence-corrected chi connectivity index (χ0v) is 12.3. The van der Waals surface area contributed by atoms with E-state index in [1.54, 1.807) is 0 Å². The number of hydrogen-bond donors (Lipinski definition) is 2. The van der Waals surface area contributed by atoms with Crippen LogP contribution < -0.4 is 5.73 Å². The van der Waals surface area contributed by atoms with Gasteiger partial charge in [0.1, 0.15) is 17.8 Å². The summed E-state index contributed by atoms with van der Waals surface area (Å²) in [5, 5.41) is 10.9. The number of nitrogens with zero attached hydrogens (tertiary/aromatic N) is 3. The second kappa shape index (κ2) is 6.70. The van der Waals surface area contributed by atoms with E-state index < -0.39 is 6.10 Å². The highest BCUT2D eigenvalue weighted by Crippen LogP contribution is 2.27. The van der Waals surface area contributed by atoms with Crippen molar-refractivity contribution in [2.45, 2.75) is 58.1 Å². The molecule has 2 unspecified atom stereocenters. The Morgan fingerprint density at radius 3 is 2.80 bits per heavy atom. The van der Waals surface area contributed by atoms with E-state index in [0.717, 1.165) is 23.9 Å². The molecule has 0 fully saturated rings. The lowest BCUT2D eigenvalue weighted by Gasteiger charge is -2.22. The number of nitrogen functional groups attached to an aromatic ring is 1. The maximum atomic E-state index is 10.1. The van der Waals surface area contributed by atoms with Crippen LogP contribution >= 0.6 is 0 Å². The number of aliphatic hydroxyl groups excluding tert-OH is 1. The molecule has 0 spiro atoms. The minimum atomic E-state index is -0.414. The minimum absolute atomic E-state index is 0.0404. The van der Waals surface area contributed by atoms with E-state index in [1.165, 1.54) is 25.6 Å². The first-order valence-corrected chi connectivity index (χ1v) is 7.40. The van der Waals surface area contributed by atoms with E-state index in [1.807, 2.05) is 23.8 Å². The Balaban J connectivity index is 2.21. The van der Waals surface area contributed by atoms with Crippen LogP contribution in [0.5, 0.6) is 0 Å². The quantitative estimate of drug-likeness (QED) is 0.762. The Labute approximate surface area is 119 Å². The van der Waals surface area contributed by atoms with Crippen LogP contribution in [0.3, 0.4) is 0 Å². The first kappa shape index (κ1) is 14.8. The van der Waals surface area contributed by atoms with Crippen LogP contribution in [0.15, 0.2) is 18.6 Å². The smallest absolute Gasteiger partial charge is 0.145 e. The van der Waals surface area contributed by atoms with Crippen LogP contribution in [0, 0.1) is 0 Å². The average molecular weight is 276 g/mol. The van der Waals surface area contributed by atoms with Crippen molar-refractivity contribution in [3.05, 3.63) is 18.6 Å². The lowest BCUT2D eigenvalue weighted by atomic mass is 10.0. The molecule has 110 valence electrons. The molecule has 0 radical (unpaired) electrons. The van der Waals surface area contributed by atoms with Gasteiger partial charge in [-0.05, 0) is 19.4 Å². The van der Waals surface area contributed by atoms with Gasteiger partial charge in [0.25, 0.3) is 0 Å². The molecule has 2 rings (SSSR count). The molecule has 0 amide bonds. The van der Waals surface area contributed by atoms with Gasteiger partial charge in [-0.3, -0.25) is 0 Å². The summed E-state index contributed by atoms with van der Waals surface area (Å²) < 4.78 is 2.03. The number of unbranched alkanes of at least 4 members (excludes halogenated alkanes) is 3. The van der Waals surface area contributed by atoms with Gasteiger partial charge in [0.05, 0.1) is 17.5 Å². The summed E-state index contributed by atoms with van der Waals surface area (Å²) in [7, 11) is 0. The summed E-state index contributed by atoms with van der Waals surface area (Å²) in [5.74, 6) is 0.490. The summed E-state index contributed by atoms with van der Waals surface area (Å²) in [4.78, 5) is 8.31. The number of aromatic nitrogens is 3. The largest absolute Gasteiger partial charge is 0.391 e. The third-order valence-corrected chi connectivity index (χ3v) is 3.81. The van der Waals surface area contributed by atoms with E-state index in [4.69, 9.17) is 5.73 Å². The van der Waals surface area contributed by atoms with Gasteiger partial charge in [-0.1, -0.05) is 32.6 Å². The zero-order valence-electron chi connectivity index (χ0n) is 12.3. The van der Waals surface area contributed by atoms with Crippen LogP contribution in [0.25, 0.3) is 11.0 Å². The van der Waals surface area contributed by atoms with Crippen molar-refractivity contribution in [3.63, 3.8) is 0 Å². The first-order chi connectivity index (χ1) is 9.65. The molecule has 2 heterocycles. The molecule has 0 aliphatic carbocycles. The first-order valence-electron chi connectivity index (χ1n) is 7.40. The molecule has 0 saturated heterocycles. The summed E-state index contributed by atoms with van der Waals surface area (Å²) in [6.45, 7) is 4.03. The van der Waals surface area contributed by atoms with Gasteiger partial charge in [0.2, 0.25) is 0 Å². The maximum absolute atomic E-state index is 10.1. The fraction of sp³-hybridized carbons (Fsp3) is 0.600. The molecule has 5 nitrogen and oxygen atoms in total. The Bertz CT molecular complexity index is 550. The average Bonchev–Trinajstić information content (AvgIpc) is 2.84. The van der Waals surface area contributed by atoms with Crippen LogP contribution in [-0.4, -0.2) is 25.7 Å². The predicted molar refractivity (Wildman–Crippen MR) is 81.4 cm³/mol. The van der Waals surface area contributed by atoms with Gasteiger partial charge in [-0.15, -0.1) is 0 Å². The SMILES string of the molecule is CCCCCCC(C(C)O)n1ccc2c(N)ncnc21. The van der Waals surface area contributed by atoms with Gasteiger partial charge in [0.15, 0.2) is 0 Å². The summed E-state index contributed by atoms with van der Waals surface area (Å²) >= 11 is 0. The summed E-state index contributed by atoms with van der Waals surface area (Å²) in [6, 6.07) is 1.96. The normalized spacial score (nSPS) is 14.6. The molecule has 2 atom stereocenters. The monoisotopic (exact) mass is 276 g/mol. The van der Waals surface area contributed by atoms with Gasteiger partial charge in [0, 0.05) is 6.20 Å². The number of aliphatic hydroxyl groups is 1. The lowest BCUT2D eigenvalue weighted by molar-refractivity contribution is 0.125. The number of rotatable bonds is 7. The molecule has 20 heavy (non-hydrogen) atoms. The number of anilines is 1. The molecule has 0 aromatic carbocycles. The van der Waals surface area contributed by atoms with Crippen LogP contribution in [0.2, 0.25) is 0 Å². The lowest BCUT2D eigenvalue weighted by Crippen LogP contribution is -2.21. The van der Waals surface area contributed by atoms with Crippen molar-refractivity contribution in [2.75, 3.05) is 5.73 Å². The second-order valence-corrected chi connectivity index (χ2v) is 5.38. The predicted octanol–water partition coefficient (Wildman–Crippen LogP) is 2.91. The van der Waals surface area contributed by atoms with E-state index >= 15 is 0 Å².